The minimum atomic E-state index is 0.380. The van der Waals surface area contributed by atoms with Gasteiger partial charge in [-0.25, -0.2) is 4.98 Å². The fourth-order valence-electron chi connectivity index (χ4n) is 3.15. The standard InChI is InChI=1S/C23H14Cl3N3/c24-17-10-8-15(9-11-17)14-29-22-7-2-1-6-21(22)28-23(29)16(13-27)12-18-19(25)4-3-5-20(18)26/h1-12H,14H2/b16-12+. The third-order valence-corrected chi connectivity index (χ3v) is 5.47. The van der Waals surface area contributed by atoms with E-state index in [1.165, 1.54) is 0 Å². The molecule has 0 amide bonds. The lowest BCUT2D eigenvalue weighted by Crippen LogP contribution is -2.04. The van der Waals surface area contributed by atoms with Crippen molar-refractivity contribution in [1.82, 2.24) is 9.55 Å². The molecule has 1 heterocycles. The summed E-state index contributed by atoms with van der Waals surface area (Å²) < 4.78 is 2.01. The van der Waals surface area contributed by atoms with Crippen molar-refractivity contribution in [3.63, 3.8) is 0 Å². The highest BCUT2D eigenvalue weighted by atomic mass is 35.5. The maximum absolute atomic E-state index is 9.90. The molecule has 4 rings (SSSR count). The molecular weight excluding hydrogens is 425 g/mol. The number of hydrogen-bond donors (Lipinski definition) is 0. The van der Waals surface area contributed by atoms with Crippen LogP contribution in [-0.4, -0.2) is 9.55 Å². The number of hydrogen-bond acceptors (Lipinski definition) is 2. The lowest BCUT2D eigenvalue weighted by Gasteiger charge is -2.10. The second kappa shape index (κ2) is 8.31. The van der Waals surface area contributed by atoms with Crippen LogP contribution in [0.3, 0.4) is 0 Å². The summed E-state index contributed by atoms with van der Waals surface area (Å²) in [7, 11) is 0. The number of allylic oxidation sites excluding steroid dienone is 1. The Balaban J connectivity index is 1.89. The zero-order valence-corrected chi connectivity index (χ0v) is 17.4. The van der Waals surface area contributed by atoms with Crippen LogP contribution in [0.1, 0.15) is 17.0 Å². The molecule has 0 unspecified atom stereocenters. The van der Waals surface area contributed by atoms with Crippen LogP contribution in [0.2, 0.25) is 15.1 Å². The van der Waals surface area contributed by atoms with Crippen LogP contribution in [-0.2, 0) is 6.54 Å². The summed E-state index contributed by atoms with van der Waals surface area (Å²) in [6, 6.07) is 22.9. The van der Waals surface area contributed by atoms with Gasteiger partial charge in [0.1, 0.15) is 6.07 Å². The van der Waals surface area contributed by atoms with Gasteiger partial charge < -0.3 is 4.57 Å². The van der Waals surface area contributed by atoms with Gasteiger partial charge in [-0.05, 0) is 48.0 Å². The Morgan fingerprint density at radius 2 is 1.62 bits per heavy atom. The van der Waals surface area contributed by atoms with Crippen molar-refractivity contribution in [2.75, 3.05) is 0 Å². The maximum Gasteiger partial charge on any atom is 0.152 e. The van der Waals surface area contributed by atoms with Crippen LogP contribution >= 0.6 is 34.8 Å². The van der Waals surface area contributed by atoms with Crippen molar-refractivity contribution < 1.29 is 0 Å². The maximum atomic E-state index is 9.90. The Morgan fingerprint density at radius 3 is 2.31 bits per heavy atom. The number of aromatic nitrogens is 2. The number of imidazole rings is 1. The first kappa shape index (κ1) is 19.5. The molecule has 29 heavy (non-hydrogen) atoms. The molecular formula is C23H14Cl3N3. The third kappa shape index (κ3) is 4.02. The molecule has 0 radical (unpaired) electrons. The fraction of sp³-hybridized carbons (Fsp3) is 0.0435. The predicted molar refractivity (Wildman–Crippen MR) is 120 cm³/mol. The average molecular weight is 439 g/mol. The van der Waals surface area contributed by atoms with Gasteiger partial charge in [0.15, 0.2) is 5.82 Å². The predicted octanol–water partition coefficient (Wildman–Crippen LogP) is 7.11. The van der Waals surface area contributed by atoms with Gasteiger partial charge in [0.25, 0.3) is 0 Å². The molecule has 0 bridgehead atoms. The van der Waals surface area contributed by atoms with Gasteiger partial charge in [0.05, 0.1) is 16.6 Å². The summed E-state index contributed by atoms with van der Waals surface area (Å²) >= 11 is 18.6. The second-order valence-corrected chi connectivity index (χ2v) is 7.69. The van der Waals surface area contributed by atoms with Crippen molar-refractivity contribution in [3.8, 4) is 6.07 Å². The van der Waals surface area contributed by atoms with E-state index in [9.17, 15) is 5.26 Å². The van der Waals surface area contributed by atoms with E-state index in [0.717, 1.165) is 16.6 Å². The molecule has 0 aliphatic rings. The molecule has 3 aromatic carbocycles. The van der Waals surface area contributed by atoms with Crippen molar-refractivity contribution in [2.24, 2.45) is 0 Å². The Hall–Kier alpha value is -2.77. The molecule has 0 spiro atoms. The van der Waals surface area contributed by atoms with Gasteiger partial charge in [0.2, 0.25) is 0 Å². The van der Waals surface area contributed by atoms with Crippen LogP contribution < -0.4 is 0 Å². The quantitative estimate of drug-likeness (QED) is 0.319. The van der Waals surface area contributed by atoms with Gasteiger partial charge in [-0.3, -0.25) is 0 Å². The summed E-state index contributed by atoms with van der Waals surface area (Å²) in [5, 5.41) is 11.5. The van der Waals surface area contributed by atoms with E-state index >= 15 is 0 Å². The topological polar surface area (TPSA) is 41.6 Å². The molecule has 0 N–H and O–H groups in total. The van der Waals surface area contributed by atoms with E-state index in [1.54, 1.807) is 24.3 Å². The molecule has 0 saturated carbocycles. The number of fused-ring (bicyclic) bond motifs is 1. The zero-order valence-electron chi connectivity index (χ0n) is 15.1. The number of rotatable bonds is 4. The first-order valence-electron chi connectivity index (χ1n) is 8.82. The molecule has 1 aromatic heterocycles. The first-order valence-corrected chi connectivity index (χ1v) is 9.96. The van der Waals surface area contributed by atoms with Crippen molar-refractivity contribution >= 4 is 57.5 Å². The molecule has 0 aliphatic heterocycles. The van der Waals surface area contributed by atoms with Gasteiger partial charge in [-0.1, -0.05) is 65.1 Å². The van der Waals surface area contributed by atoms with E-state index in [-0.39, 0.29) is 0 Å². The Labute approximate surface area is 183 Å². The number of benzene rings is 3. The second-order valence-electron chi connectivity index (χ2n) is 6.44. The monoisotopic (exact) mass is 437 g/mol. The minimum Gasteiger partial charge on any atom is -0.319 e. The van der Waals surface area contributed by atoms with Gasteiger partial charge in [0, 0.05) is 27.2 Å². The summed E-state index contributed by atoms with van der Waals surface area (Å²) in [6.07, 6.45) is 1.68. The van der Waals surface area contributed by atoms with Crippen molar-refractivity contribution in [2.45, 2.75) is 6.54 Å². The number of halogens is 3. The Kier molecular flexibility index (Phi) is 5.60. The molecule has 3 nitrogen and oxygen atoms in total. The van der Waals surface area contributed by atoms with Crippen LogP contribution in [0.15, 0.2) is 66.7 Å². The lowest BCUT2D eigenvalue weighted by atomic mass is 10.1. The highest BCUT2D eigenvalue weighted by Gasteiger charge is 2.16. The number of nitriles is 1. The highest BCUT2D eigenvalue weighted by Crippen LogP contribution is 2.30. The Morgan fingerprint density at radius 1 is 0.931 bits per heavy atom. The minimum absolute atomic E-state index is 0.380. The smallest absolute Gasteiger partial charge is 0.152 e. The molecule has 0 aliphatic carbocycles. The summed E-state index contributed by atoms with van der Waals surface area (Å²) in [5.74, 6) is 0.555. The molecule has 4 aromatic rings. The van der Waals surface area contributed by atoms with Crippen molar-refractivity contribution in [3.05, 3.63) is 98.7 Å². The third-order valence-electron chi connectivity index (χ3n) is 4.56. The lowest BCUT2D eigenvalue weighted by molar-refractivity contribution is 0.811. The van der Waals surface area contributed by atoms with Gasteiger partial charge >= 0.3 is 0 Å². The summed E-state index contributed by atoms with van der Waals surface area (Å²) in [4.78, 5) is 4.71. The first-order chi connectivity index (χ1) is 14.1. The van der Waals surface area contributed by atoms with Crippen LogP contribution in [0.4, 0.5) is 0 Å². The SMILES string of the molecule is N#C/C(=C\c1c(Cl)cccc1Cl)c1nc2ccccc2n1Cc1ccc(Cl)cc1. The summed E-state index contributed by atoms with van der Waals surface area (Å²) in [5.41, 5.74) is 3.77. The van der Waals surface area contributed by atoms with Gasteiger partial charge in [-0.15, -0.1) is 0 Å². The largest absolute Gasteiger partial charge is 0.319 e. The highest BCUT2D eigenvalue weighted by molar-refractivity contribution is 6.37. The van der Waals surface area contributed by atoms with Crippen molar-refractivity contribution in [1.29, 1.82) is 5.26 Å². The van der Waals surface area contributed by atoms with Crippen LogP contribution in [0, 0.1) is 11.3 Å². The van der Waals surface area contributed by atoms with E-state index < -0.39 is 0 Å². The van der Waals surface area contributed by atoms with Gasteiger partial charge in [-0.2, -0.15) is 5.26 Å². The Bertz CT molecular complexity index is 1240. The number of para-hydroxylation sites is 2. The summed E-state index contributed by atoms with van der Waals surface area (Å²) in [6.45, 7) is 0.544. The van der Waals surface area contributed by atoms with E-state index in [0.29, 0.717) is 38.6 Å². The molecule has 0 fully saturated rings. The molecule has 142 valence electrons. The van der Waals surface area contributed by atoms with E-state index in [2.05, 4.69) is 6.07 Å². The molecule has 0 atom stereocenters. The van der Waals surface area contributed by atoms with Crippen LogP contribution in [0.5, 0.6) is 0 Å². The molecule has 0 saturated heterocycles. The van der Waals surface area contributed by atoms with E-state index in [4.69, 9.17) is 39.8 Å². The van der Waals surface area contributed by atoms with E-state index in [1.807, 2.05) is 53.1 Å². The van der Waals surface area contributed by atoms with Crippen LogP contribution in [0.25, 0.3) is 22.7 Å². The fourth-order valence-corrected chi connectivity index (χ4v) is 3.79. The normalized spacial score (nSPS) is 11.6. The number of nitrogens with zero attached hydrogens (tertiary/aromatic N) is 3. The average Bonchev–Trinajstić information content (AvgIpc) is 3.08. The molecule has 6 heteroatoms. The zero-order chi connectivity index (χ0) is 20.4.